The highest BCUT2D eigenvalue weighted by atomic mass is 15.2. The molecule has 3 rings (SSSR count). The van der Waals surface area contributed by atoms with Crippen molar-refractivity contribution in [2.24, 2.45) is 11.7 Å². The van der Waals surface area contributed by atoms with Crippen molar-refractivity contribution in [1.29, 1.82) is 0 Å². The van der Waals surface area contributed by atoms with Crippen molar-refractivity contribution in [2.45, 2.75) is 51.0 Å². The Hall–Kier alpha value is -0.860. The molecule has 1 aliphatic heterocycles. The second kappa shape index (κ2) is 5.87. The number of hydrogen-bond donors (Lipinski definition) is 1. The molecule has 110 valence electrons. The summed E-state index contributed by atoms with van der Waals surface area (Å²) in [6.07, 6.45) is 7.75. The predicted octanol–water partition coefficient (Wildman–Crippen LogP) is 2.99. The van der Waals surface area contributed by atoms with Crippen LogP contribution < -0.4 is 5.73 Å². The topological polar surface area (TPSA) is 29.3 Å². The molecule has 2 atom stereocenters. The molecule has 0 saturated heterocycles. The summed E-state index contributed by atoms with van der Waals surface area (Å²) in [7, 11) is 0. The lowest BCUT2D eigenvalue weighted by Gasteiger charge is -2.50. The van der Waals surface area contributed by atoms with Gasteiger partial charge in [-0.3, -0.25) is 4.90 Å². The number of rotatable bonds is 2. The Morgan fingerprint density at radius 2 is 1.80 bits per heavy atom. The van der Waals surface area contributed by atoms with Gasteiger partial charge in [0.25, 0.3) is 0 Å². The Morgan fingerprint density at radius 1 is 1.15 bits per heavy atom. The maximum Gasteiger partial charge on any atom is 0.0357 e. The molecule has 2 N–H and O–H groups in total. The summed E-state index contributed by atoms with van der Waals surface area (Å²) in [5, 5.41) is 0. The van der Waals surface area contributed by atoms with Gasteiger partial charge in [0.05, 0.1) is 0 Å². The summed E-state index contributed by atoms with van der Waals surface area (Å²) < 4.78 is 0. The summed E-state index contributed by atoms with van der Waals surface area (Å²) in [5.74, 6) is 0.738. The Balaban J connectivity index is 1.81. The van der Waals surface area contributed by atoms with E-state index in [1.165, 1.54) is 51.6 Å². The quantitative estimate of drug-likeness (QED) is 0.897. The highest BCUT2D eigenvalue weighted by Gasteiger charge is 2.42. The fraction of sp³-hybridized carbons (Fsp3) is 0.667. The van der Waals surface area contributed by atoms with Crippen molar-refractivity contribution in [3.63, 3.8) is 0 Å². The average molecular weight is 272 g/mol. The molecule has 1 aliphatic carbocycles. The third kappa shape index (κ3) is 2.40. The summed E-state index contributed by atoms with van der Waals surface area (Å²) in [6, 6.07) is 8.96. The molecule has 0 bridgehead atoms. The first-order valence-corrected chi connectivity index (χ1v) is 8.28. The second-order valence-corrected chi connectivity index (χ2v) is 6.71. The molecule has 1 saturated carbocycles. The fourth-order valence-corrected chi connectivity index (χ4v) is 4.41. The van der Waals surface area contributed by atoms with Crippen LogP contribution in [0.2, 0.25) is 0 Å². The molecule has 1 aromatic carbocycles. The molecule has 1 heterocycles. The van der Waals surface area contributed by atoms with Gasteiger partial charge < -0.3 is 5.73 Å². The Bertz CT molecular complexity index is 429. The van der Waals surface area contributed by atoms with Gasteiger partial charge in [-0.15, -0.1) is 0 Å². The minimum Gasteiger partial charge on any atom is -0.329 e. The van der Waals surface area contributed by atoms with Gasteiger partial charge in [0.15, 0.2) is 0 Å². The van der Waals surface area contributed by atoms with Crippen LogP contribution in [-0.2, 0) is 12.8 Å². The summed E-state index contributed by atoms with van der Waals surface area (Å²) in [6.45, 7) is 5.60. The van der Waals surface area contributed by atoms with Gasteiger partial charge in [0.2, 0.25) is 0 Å². The van der Waals surface area contributed by atoms with Crippen LogP contribution in [0.25, 0.3) is 0 Å². The van der Waals surface area contributed by atoms with Crippen LogP contribution in [0.1, 0.15) is 43.7 Å². The Kier molecular flexibility index (Phi) is 4.13. The Morgan fingerprint density at radius 3 is 2.35 bits per heavy atom. The van der Waals surface area contributed by atoms with E-state index in [4.69, 9.17) is 5.73 Å². The molecular formula is C18H28N2. The van der Waals surface area contributed by atoms with Crippen LogP contribution >= 0.6 is 0 Å². The van der Waals surface area contributed by atoms with Gasteiger partial charge in [0.1, 0.15) is 0 Å². The van der Waals surface area contributed by atoms with Crippen LogP contribution in [0.15, 0.2) is 24.3 Å². The smallest absolute Gasteiger partial charge is 0.0357 e. The molecule has 2 unspecified atom stereocenters. The van der Waals surface area contributed by atoms with Crippen LogP contribution in [0.4, 0.5) is 0 Å². The average Bonchev–Trinajstić information content (AvgIpc) is 2.71. The van der Waals surface area contributed by atoms with Gasteiger partial charge >= 0.3 is 0 Å². The zero-order chi connectivity index (χ0) is 14.0. The lowest BCUT2D eigenvalue weighted by Crippen LogP contribution is -2.59. The van der Waals surface area contributed by atoms with Crippen molar-refractivity contribution in [1.82, 2.24) is 4.90 Å². The largest absolute Gasteiger partial charge is 0.329 e. The van der Waals surface area contributed by atoms with E-state index in [2.05, 4.69) is 36.1 Å². The van der Waals surface area contributed by atoms with Crippen molar-refractivity contribution in [3.05, 3.63) is 35.4 Å². The highest BCUT2D eigenvalue weighted by molar-refractivity contribution is 5.29. The Labute approximate surface area is 123 Å². The fourth-order valence-electron chi connectivity index (χ4n) is 4.41. The molecule has 20 heavy (non-hydrogen) atoms. The number of hydrogen-bond acceptors (Lipinski definition) is 2. The normalized spacial score (nSPS) is 31.6. The summed E-state index contributed by atoms with van der Waals surface area (Å²) in [5.41, 5.74) is 9.63. The molecule has 0 radical (unpaired) electrons. The molecule has 1 fully saturated rings. The van der Waals surface area contributed by atoms with Gasteiger partial charge in [0, 0.05) is 25.2 Å². The number of nitrogens with zero attached hydrogens (tertiary/aromatic N) is 1. The van der Waals surface area contributed by atoms with Crippen LogP contribution in [0, 0.1) is 5.92 Å². The third-order valence-corrected chi connectivity index (χ3v) is 5.82. The number of fused-ring (bicyclic) bond motifs is 1. The molecule has 2 aliphatic rings. The summed E-state index contributed by atoms with van der Waals surface area (Å²) >= 11 is 0. The van der Waals surface area contributed by atoms with E-state index in [9.17, 15) is 0 Å². The van der Waals surface area contributed by atoms with Crippen molar-refractivity contribution >= 4 is 0 Å². The standard InChI is InChI=1S/C18H28N2/c1-15-6-4-5-11-18(15,14-19)20-12-9-16-7-2-3-8-17(16)10-13-20/h2-3,7-8,15H,4-6,9-14,19H2,1H3. The van der Waals surface area contributed by atoms with E-state index >= 15 is 0 Å². The molecular weight excluding hydrogens is 244 g/mol. The molecule has 1 aromatic rings. The van der Waals surface area contributed by atoms with Crippen molar-refractivity contribution in [2.75, 3.05) is 19.6 Å². The first-order valence-electron chi connectivity index (χ1n) is 8.28. The van der Waals surface area contributed by atoms with Gasteiger partial charge in [-0.1, -0.05) is 44.0 Å². The SMILES string of the molecule is CC1CCCCC1(CN)N1CCc2ccccc2CC1. The molecule has 0 amide bonds. The van der Waals surface area contributed by atoms with Crippen LogP contribution in [0.5, 0.6) is 0 Å². The molecule has 2 nitrogen and oxygen atoms in total. The minimum absolute atomic E-state index is 0.264. The maximum absolute atomic E-state index is 6.27. The van der Waals surface area contributed by atoms with Gasteiger partial charge in [-0.2, -0.15) is 0 Å². The first-order chi connectivity index (χ1) is 9.76. The predicted molar refractivity (Wildman–Crippen MR) is 84.8 cm³/mol. The monoisotopic (exact) mass is 272 g/mol. The zero-order valence-corrected chi connectivity index (χ0v) is 12.8. The van der Waals surface area contributed by atoms with Gasteiger partial charge in [-0.05, 0) is 42.7 Å². The van der Waals surface area contributed by atoms with E-state index in [1.807, 2.05) is 0 Å². The number of nitrogens with two attached hydrogens (primary N) is 1. The van der Waals surface area contributed by atoms with E-state index < -0.39 is 0 Å². The molecule has 0 spiro atoms. The van der Waals surface area contributed by atoms with Crippen LogP contribution in [-0.4, -0.2) is 30.1 Å². The van der Waals surface area contributed by atoms with Gasteiger partial charge in [-0.25, -0.2) is 0 Å². The van der Waals surface area contributed by atoms with E-state index in [0.29, 0.717) is 0 Å². The van der Waals surface area contributed by atoms with E-state index in [1.54, 1.807) is 11.1 Å². The lowest BCUT2D eigenvalue weighted by atomic mass is 9.72. The van der Waals surface area contributed by atoms with Crippen molar-refractivity contribution < 1.29 is 0 Å². The molecule has 0 aromatic heterocycles. The second-order valence-electron chi connectivity index (χ2n) is 6.71. The maximum atomic E-state index is 6.27. The first kappa shape index (κ1) is 14.1. The van der Waals surface area contributed by atoms with E-state index in [0.717, 1.165) is 12.5 Å². The zero-order valence-electron chi connectivity index (χ0n) is 12.8. The lowest BCUT2D eigenvalue weighted by molar-refractivity contribution is 0.0162. The molecule has 2 heteroatoms. The number of benzene rings is 1. The van der Waals surface area contributed by atoms with Crippen molar-refractivity contribution in [3.8, 4) is 0 Å². The summed E-state index contributed by atoms with van der Waals surface area (Å²) in [4.78, 5) is 2.73. The minimum atomic E-state index is 0.264. The van der Waals surface area contributed by atoms with E-state index in [-0.39, 0.29) is 5.54 Å². The third-order valence-electron chi connectivity index (χ3n) is 5.82. The highest BCUT2D eigenvalue weighted by Crippen LogP contribution is 2.38. The van der Waals surface area contributed by atoms with Crippen LogP contribution in [0.3, 0.4) is 0 Å².